The van der Waals surface area contributed by atoms with Crippen LogP contribution in [-0.4, -0.2) is 24.5 Å². The van der Waals surface area contributed by atoms with Crippen LogP contribution in [0.1, 0.15) is 35.6 Å². The number of H-pyrrole nitrogens is 1. The van der Waals surface area contributed by atoms with Gasteiger partial charge in [0.05, 0.1) is 5.56 Å². The number of hydrogen-bond acceptors (Lipinski definition) is 4. The minimum Gasteiger partial charge on any atom is -0.383 e. The first-order chi connectivity index (χ1) is 12.3. The molecule has 1 aliphatic heterocycles. The summed E-state index contributed by atoms with van der Waals surface area (Å²) in [6, 6.07) is 12.7. The Hall–Kier alpha value is -1.50. The zero-order chi connectivity index (χ0) is 17.2. The number of rotatable bonds is 4. The van der Waals surface area contributed by atoms with Crippen molar-refractivity contribution in [1.82, 2.24) is 10.5 Å². The van der Waals surface area contributed by atoms with Crippen LogP contribution in [0.5, 0.6) is 0 Å². The summed E-state index contributed by atoms with van der Waals surface area (Å²) >= 11 is 1.74. The first-order valence-electron chi connectivity index (χ1n) is 8.73. The summed E-state index contributed by atoms with van der Waals surface area (Å²) in [6.45, 7) is 1.95. The van der Waals surface area contributed by atoms with E-state index in [1.165, 1.54) is 21.2 Å². The molecule has 0 spiro atoms. The molecule has 26 heavy (non-hydrogen) atoms. The lowest BCUT2D eigenvalue weighted by Crippen LogP contribution is -2.27. The Labute approximate surface area is 167 Å². The van der Waals surface area contributed by atoms with Crippen molar-refractivity contribution >= 4 is 39.5 Å². The molecule has 2 aromatic carbocycles. The van der Waals surface area contributed by atoms with E-state index in [1.807, 2.05) is 0 Å². The molecule has 4 nitrogen and oxygen atoms in total. The average Bonchev–Trinajstić information content (AvgIpc) is 3.03. The third-order valence-corrected chi connectivity index (χ3v) is 5.96. The molecular formula is C20H23BrN2O2S. The van der Waals surface area contributed by atoms with Gasteiger partial charge in [-0.05, 0) is 48.5 Å². The number of piperidine rings is 1. The number of nitrogens with one attached hydrogen (secondary N) is 2. The molecule has 1 saturated heterocycles. The Kier molecular flexibility index (Phi) is 6.27. The fraction of sp³-hybridized carbons (Fsp3) is 0.350. The van der Waals surface area contributed by atoms with Crippen molar-refractivity contribution in [3.63, 3.8) is 0 Å². The summed E-state index contributed by atoms with van der Waals surface area (Å²) in [5, 5.41) is 8.42. The number of hydrogen-bond donors (Lipinski definition) is 2. The van der Waals surface area contributed by atoms with Gasteiger partial charge in [-0.2, -0.15) is 5.16 Å². The smallest absolute Gasteiger partial charge is 0.283 e. The van der Waals surface area contributed by atoms with Crippen LogP contribution in [0.25, 0.3) is 10.8 Å². The molecule has 1 fully saturated rings. The predicted octanol–water partition coefficient (Wildman–Crippen LogP) is 4.48. The molecule has 1 aromatic heterocycles. The van der Waals surface area contributed by atoms with Gasteiger partial charge in [-0.15, -0.1) is 28.7 Å². The Morgan fingerprint density at radius 2 is 1.92 bits per heavy atom. The van der Waals surface area contributed by atoms with Crippen LogP contribution >= 0.6 is 28.7 Å². The van der Waals surface area contributed by atoms with Crippen LogP contribution in [-0.2, 0) is 6.42 Å². The monoisotopic (exact) mass is 434 g/mol. The molecule has 0 saturated carbocycles. The maximum Gasteiger partial charge on any atom is 0.283 e. The van der Waals surface area contributed by atoms with E-state index in [0.717, 1.165) is 37.3 Å². The van der Waals surface area contributed by atoms with Crippen molar-refractivity contribution in [2.24, 2.45) is 0 Å². The van der Waals surface area contributed by atoms with Gasteiger partial charge in [0.25, 0.3) is 5.56 Å². The molecule has 0 atom stereocenters. The fourth-order valence-corrected chi connectivity index (χ4v) is 4.58. The van der Waals surface area contributed by atoms with E-state index in [0.29, 0.717) is 12.3 Å². The van der Waals surface area contributed by atoms with Gasteiger partial charge >= 0.3 is 0 Å². The number of thioether (sulfide) groups is 1. The highest BCUT2D eigenvalue weighted by Gasteiger charge is 2.25. The zero-order valence-electron chi connectivity index (χ0n) is 14.7. The molecule has 3 aromatic rings. The lowest BCUT2D eigenvalue weighted by Gasteiger charge is -2.21. The summed E-state index contributed by atoms with van der Waals surface area (Å²) < 4.78 is 5.60. The van der Waals surface area contributed by atoms with Crippen LogP contribution in [0, 0.1) is 0 Å². The molecule has 0 unspecified atom stereocenters. The molecule has 0 amide bonds. The van der Waals surface area contributed by atoms with Crippen molar-refractivity contribution in [3.8, 4) is 0 Å². The second kappa shape index (κ2) is 8.46. The average molecular weight is 435 g/mol. The maximum atomic E-state index is 12.4. The van der Waals surface area contributed by atoms with E-state index in [-0.39, 0.29) is 22.5 Å². The topological polar surface area (TPSA) is 58.0 Å². The summed E-state index contributed by atoms with van der Waals surface area (Å²) in [5.74, 6) is 1.18. The van der Waals surface area contributed by atoms with E-state index < -0.39 is 0 Å². The van der Waals surface area contributed by atoms with Crippen molar-refractivity contribution in [2.75, 3.05) is 19.3 Å². The molecular weight excluding hydrogens is 412 g/mol. The maximum absolute atomic E-state index is 12.4. The zero-order valence-corrected chi connectivity index (χ0v) is 17.2. The number of aromatic amines is 1. The van der Waals surface area contributed by atoms with Gasteiger partial charge in [0.2, 0.25) is 0 Å². The van der Waals surface area contributed by atoms with Crippen LogP contribution in [0.4, 0.5) is 0 Å². The molecule has 0 bridgehead atoms. The van der Waals surface area contributed by atoms with Crippen LogP contribution in [0.3, 0.4) is 0 Å². The molecule has 4 rings (SSSR count). The molecule has 6 heteroatoms. The van der Waals surface area contributed by atoms with Gasteiger partial charge in [0, 0.05) is 17.2 Å². The second-order valence-corrected chi connectivity index (χ2v) is 7.37. The molecule has 138 valence electrons. The fourth-order valence-electron chi connectivity index (χ4n) is 3.78. The van der Waals surface area contributed by atoms with E-state index in [4.69, 9.17) is 4.52 Å². The van der Waals surface area contributed by atoms with Crippen molar-refractivity contribution < 1.29 is 4.52 Å². The Morgan fingerprint density at radius 3 is 2.69 bits per heavy atom. The van der Waals surface area contributed by atoms with Crippen LogP contribution < -0.4 is 10.9 Å². The standard InChI is InChI=1S/C20H22N2O2S.BrH/c1-25-19-15(7-6-13-4-2-3-5-16(13)19)12-17-18(24-22-20(17)23)14-8-10-21-11-9-14;/h2-7,14,21H,8-12H2,1H3,(H,22,23);1H. The van der Waals surface area contributed by atoms with Crippen molar-refractivity contribution in [1.29, 1.82) is 0 Å². The minimum atomic E-state index is -0.0891. The Morgan fingerprint density at radius 1 is 1.15 bits per heavy atom. The van der Waals surface area contributed by atoms with Gasteiger partial charge in [0.15, 0.2) is 0 Å². The van der Waals surface area contributed by atoms with Crippen LogP contribution in [0.2, 0.25) is 0 Å². The third kappa shape index (κ3) is 3.63. The van der Waals surface area contributed by atoms with E-state index in [1.54, 1.807) is 11.8 Å². The normalized spacial score (nSPS) is 15.1. The second-order valence-electron chi connectivity index (χ2n) is 6.56. The Balaban J connectivity index is 0.00000196. The van der Waals surface area contributed by atoms with Gasteiger partial charge in [-0.3, -0.25) is 4.79 Å². The van der Waals surface area contributed by atoms with Gasteiger partial charge in [-0.25, -0.2) is 0 Å². The number of aromatic nitrogens is 1. The minimum absolute atomic E-state index is 0. The third-order valence-electron chi connectivity index (χ3n) is 5.07. The Bertz CT molecular complexity index is 944. The van der Waals surface area contributed by atoms with E-state index in [9.17, 15) is 4.79 Å². The molecule has 0 aliphatic carbocycles. The number of benzene rings is 2. The largest absolute Gasteiger partial charge is 0.383 e. The quantitative estimate of drug-likeness (QED) is 0.594. The van der Waals surface area contributed by atoms with Crippen molar-refractivity contribution in [3.05, 3.63) is 63.6 Å². The SMILES string of the molecule is Br.CSc1c(Cc2c(C3CCNCC3)o[nH]c2=O)ccc2ccccc12. The summed E-state index contributed by atoms with van der Waals surface area (Å²) in [5.41, 5.74) is 1.89. The van der Waals surface area contributed by atoms with Gasteiger partial charge < -0.3 is 9.84 Å². The first-order valence-corrected chi connectivity index (χ1v) is 9.96. The van der Waals surface area contributed by atoms with Gasteiger partial charge in [-0.1, -0.05) is 36.4 Å². The predicted molar refractivity (Wildman–Crippen MR) is 113 cm³/mol. The highest BCUT2D eigenvalue weighted by molar-refractivity contribution is 8.93. The highest BCUT2D eigenvalue weighted by atomic mass is 79.9. The molecule has 2 heterocycles. The van der Waals surface area contributed by atoms with Crippen molar-refractivity contribution in [2.45, 2.75) is 30.1 Å². The first kappa shape index (κ1) is 19.3. The lowest BCUT2D eigenvalue weighted by atomic mass is 9.91. The van der Waals surface area contributed by atoms with Crippen LogP contribution in [0.15, 0.2) is 50.6 Å². The summed E-state index contributed by atoms with van der Waals surface area (Å²) in [7, 11) is 0. The van der Waals surface area contributed by atoms with E-state index in [2.05, 4.69) is 53.1 Å². The number of halogens is 1. The highest BCUT2D eigenvalue weighted by Crippen LogP contribution is 2.33. The molecule has 1 aliphatic rings. The lowest BCUT2D eigenvalue weighted by molar-refractivity contribution is 0.324. The van der Waals surface area contributed by atoms with Gasteiger partial charge in [0.1, 0.15) is 5.76 Å². The number of fused-ring (bicyclic) bond motifs is 1. The molecule has 2 N–H and O–H groups in total. The summed E-state index contributed by atoms with van der Waals surface area (Å²) in [4.78, 5) is 13.6. The molecule has 0 radical (unpaired) electrons. The summed E-state index contributed by atoms with van der Waals surface area (Å²) in [6.07, 6.45) is 4.74. The van der Waals surface area contributed by atoms with E-state index >= 15 is 0 Å².